The molecular weight excluding hydrogens is 242 g/mol. The van der Waals surface area contributed by atoms with Crippen LogP contribution in [0, 0.1) is 5.92 Å². The lowest BCUT2D eigenvalue weighted by Crippen LogP contribution is -2.36. The smallest absolute Gasteiger partial charge is 0.220 e. The minimum absolute atomic E-state index is 0. The highest BCUT2D eigenvalue weighted by Gasteiger charge is 2.25. The maximum atomic E-state index is 11.5. The maximum Gasteiger partial charge on any atom is 0.220 e. The lowest BCUT2D eigenvalue weighted by atomic mass is 10.00. The average Bonchev–Trinajstić information content (AvgIpc) is 2.59. The van der Waals surface area contributed by atoms with E-state index < -0.39 is 0 Å². The van der Waals surface area contributed by atoms with Crippen LogP contribution in [0.25, 0.3) is 0 Å². The number of carbonyl (C=O) groups excluding carboxylic acids is 2. The van der Waals surface area contributed by atoms with Crippen LogP contribution >= 0.6 is 12.4 Å². The third-order valence-electron chi connectivity index (χ3n) is 2.99. The minimum atomic E-state index is -0.0768. The Morgan fingerprint density at radius 1 is 1.24 bits per heavy atom. The van der Waals surface area contributed by atoms with Gasteiger partial charge in [-0.15, -0.1) is 12.4 Å². The summed E-state index contributed by atoms with van der Waals surface area (Å²) in [4.78, 5) is 22.1. The van der Waals surface area contributed by atoms with E-state index in [1.54, 1.807) is 0 Å². The monoisotopic (exact) mass is 263 g/mol. The number of carbonyl (C=O) groups is 2. The van der Waals surface area contributed by atoms with Gasteiger partial charge in [0.25, 0.3) is 0 Å². The molecule has 1 fully saturated rings. The molecular formula is C11H22ClN3O2. The molecule has 1 saturated carbocycles. The summed E-state index contributed by atoms with van der Waals surface area (Å²) in [5.41, 5.74) is 5.88. The van der Waals surface area contributed by atoms with E-state index in [0.29, 0.717) is 25.4 Å². The second kappa shape index (κ2) is 8.31. The molecule has 0 spiro atoms. The van der Waals surface area contributed by atoms with Crippen molar-refractivity contribution in [3.8, 4) is 0 Å². The molecule has 2 amide bonds. The van der Waals surface area contributed by atoms with Crippen molar-refractivity contribution in [1.82, 2.24) is 10.6 Å². The second-order valence-corrected chi connectivity index (χ2v) is 4.39. The number of amides is 2. The molecule has 0 aliphatic heterocycles. The molecule has 0 heterocycles. The zero-order chi connectivity index (χ0) is 12.0. The standard InChI is InChI=1S/C11H21N3O2.ClH/c1-8(15)13-5-6-14-11(16)7-9-3-2-4-10(9)12;/h9-10H,2-7,12H2,1H3,(H,13,15)(H,14,16);1H/t9-,10+;/m0./s1. The fraction of sp³-hybridized carbons (Fsp3) is 0.818. The molecule has 1 aliphatic rings. The van der Waals surface area contributed by atoms with E-state index in [1.807, 2.05) is 0 Å². The molecule has 0 saturated heterocycles. The molecule has 0 radical (unpaired) electrons. The zero-order valence-electron chi connectivity index (χ0n) is 10.2. The molecule has 0 aromatic rings. The van der Waals surface area contributed by atoms with Gasteiger partial charge in [0.1, 0.15) is 0 Å². The Hall–Kier alpha value is -0.810. The molecule has 0 aromatic heterocycles. The number of nitrogens with one attached hydrogen (secondary N) is 2. The summed E-state index contributed by atoms with van der Waals surface area (Å²) >= 11 is 0. The molecule has 5 nitrogen and oxygen atoms in total. The molecule has 17 heavy (non-hydrogen) atoms. The second-order valence-electron chi connectivity index (χ2n) is 4.39. The van der Waals surface area contributed by atoms with Crippen LogP contribution < -0.4 is 16.4 Å². The number of hydrogen-bond donors (Lipinski definition) is 3. The van der Waals surface area contributed by atoms with E-state index in [9.17, 15) is 9.59 Å². The van der Waals surface area contributed by atoms with Gasteiger partial charge in [-0.05, 0) is 18.8 Å². The fourth-order valence-electron chi connectivity index (χ4n) is 2.07. The molecule has 100 valence electrons. The number of hydrogen-bond acceptors (Lipinski definition) is 3. The van der Waals surface area contributed by atoms with Gasteiger partial charge in [-0.1, -0.05) is 6.42 Å². The quantitative estimate of drug-likeness (QED) is 0.619. The molecule has 0 unspecified atom stereocenters. The largest absolute Gasteiger partial charge is 0.355 e. The van der Waals surface area contributed by atoms with E-state index in [1.165, 1.54) is 6.92 Å². The third kappa shape index (κ3) is 6.48. The van der Waals surface area contributed by atoms with Gasteiger partial charge in [-0.25, -0.2) is 0 Å². The lowest BCUT2D eigenvalue weighted by molar-refractivity contribution is -0.122. The summed E-state index contributed by atoms with van der Waals surface area (Å²) in [5.74, 6) is 0.292. The van der Waals surface area contributed by atoms with Gasteiger partial charge in [0, 0.05) is 32.5 Å². The van der Waals surface area contributed by atoms with Gasteiger partial charge in [0.2, 0.25) is 11.8 Å². The molecule has 1 rings (SSSR count). The van der Waals surface area contributed by atoms with Crippen molar-refractivity contribution in [2.45, 2.75) is 38.6 Å². The van der Waals surface area contributed by atoms with E-state index >= 15 is 0 Å². The van der Waals surface area contributed by atoms with Crippen LogP contribution in [0.15, 0.2) is 0 Å². The first-order valence-corrected chi connectivity index (χ1v) is 5.86. The van der Waals surface area contributed by atoms with E-state index in [0.717, 1.165) is 19.3 Å². The Balaban J connectivity index is 0.00000256. The first-order valence-electron chi connectivity index (χ1n) is 5.86. The number of halogens is 1. The van der Waals surface area contributed by atoms with Crippen molar-refractivity contribution in [3.63, 3.8) is 0 Å². The fourth-order valence-corrected chi connectivity index (χ4v) is 2.07. The zero-order valence-corrected chi connectivity index (χ0v) is 11.0. The first kappa shape index (κ1) is 16.2. The highest BCUT2D eigenvalue weighted by Crippen LogP contribution is 2.26. The predicted molar refractivity (Wildman–Crippen MR) is 68.9 cm³/mol. The molecule has 4 N–H and O–H groups in total. The summed E-state index contributed by atoms with van der Waals surface area (Å²) in [6.07, 6.45) is 3.73. The minimum Gasteiger partial charge on any atom is -0.355 e. The van der Waals surface area contributed by atoms with Gasteiger partial charge in [0.05, 0.1) is 0 Å². The highest BCUT2D eigenvalue weighted by molar-refractivity contribution is 5.85. The van der Waals surface area contributed by atoms with Crippen molar-refractivity contribution >= 4 is 24.2 Å². The van der Waals surface area contributed by atoms with Crippen LogP contribution in [-0.4, -0.2) is 30.9 Å². The van der Waals surface area contributed by atoms with Crippen LogP contribution in [0.5, 0.6) is 0 Å². The summed E-state index contributed by atoms with van der Waals surface area (Å²) in [7, 11) is 0. The highest BCUT2D eigenvalue weighted by atomic mass is 35.5. The number of rotatable bonds is 5. The summed E-state index contributed by atoms with van der Waals surface area (Å²) in [5, 5.41) is 5.40. The topological polar surface area (TPSA) is 84.2 Å². The normalized spacial score (nSPS) is 22.7. The van der Waals surface area contributed by atoms with Crippen molar-refractivity contribution in [1.29, 1.82) is 0 Å². The van der Waals surface area contributed by atoms with Crippen molar-refractivity contribution in [2.75, 3.05) is 13.1 Å². The van der Waals surface area contributed by atoms with Gasteiger partial charge >= 0.3 is 0 Å². The van der Waals surface area contributed by atoms with E-state index in [4.69, 9.17) is 5.73 Å². The van der Waals surface area contributed by atoms with Crippen LogP contribution in [-0.2, 0) is 9.59 Å². The van der Waals surface area contributed by atoms with Gasteiger partial charge in [-0.2, -0.15) is 0 Å². The first-order chi connectivity index (χ1) is 7.59. The van der Waals surface area contributed by atoms with Crippen molar-refractivity contribution < 1.29 is 9.59 Å². The Morgan fingerprint density at radius 2 is 1.88 bits per heavy atom. The molecule has 0 bridgehead atoms. The van der Waals surface area contributed by atoms with Crippen LogP contribution in [0.2, 0.25) is 0 Å². The van der Waals surface area contributed by atoms with Crippen LogP contribution in [0.1, 0.15) is 32.6 Å². The number of nitrogens with two attached hydrogens (primary N) is 1. The average molecular weight is 264 g/mol. The molecule has 0 aromatic carbocycles. The van der Waals surface area contributed by atoms with E-state index in [-0.39, 0.29) is 30.3 Å². The Kier molecular flexibility index (Phi) is 7.91. The molecule has 1 aliphatic carbocycles. The van der Waals surface area contributed by atoms with Crippen molar-refractivity contribution in [2.24, 2.45) is 11.7 Å². The third-order valence-corrected chi connectivity index (χ3v) is 2.99. The summed E-state index contributed by atoms with van der Waals surface area (Å²) in [6, 6.07) is 0.182. The Labute approximate surface area is 108 Å². The lowest BCUT2D eigenvalue weighted by Gasteiger charge is -2.14. The summed E-state index contributed by atoms with van der Waals surface area (Å²) in [6.45, 7) is 2.43. The van der Waals surface area contributed by atoms with Crippen LogP contribution in [0.3, 0.4) is 0 Å². The van der Waals surface area contributed by atoms with Gasteiger partial charge in [0.15, 0.2) is 0 Å². The van der Waals surface area contributed by atoms with Crippen molar-refractivity contribution in [3.05, 3.63) is 0 Å². The Bertz CT molecular complexity index is 261. The maximum absolute atomic E-state index is 11.5. The summed E-state index contributed by atoms with van der Waals surface area (Å²) < 4.78 is 0. The molecule has 6 heteroatoms. The Morgan fingerprint density at radius 3 is 2.41 bits per heavy atom. The predicted octanol–water partition coefficient (Wildman–Crippen LogP) is 0.178. The van der Waals surface area contributed by atoms with Gasteiger partial charge in [-0.3, -0.25) is 9.59 Å². The molecule has 2 atom stereocenters. The van der Waals surface area contributed by atoms with Gasteiger partial charge < -0.3 is 16.4 Å². The van der Waals surface area contributed by atoms with Crippen LogP contribution in [0.4, 0.5) is 0 Å². The van der Waals surface area contributed by atoms with E-state index in [2.05, 4.69) is 10.6 Å². The SMILES string of the molecule is CC(=O)NCCNC(=O)C[C@@H]1CCC[C@H]1N.Cl.